The van der Waals surface area contributed by atoms with Gasteiger partial charge in [-0.2, -0.15) is 0 Å². The molecule has 1 amide bonds. The molecule has 3 N–H and O–H groups in total. The Morgan fingerprint density at radius 3 is 2.76 bits per heavy atom. The fraction of sp³-hybridized carbons (Fsp3) is 0.643. The van der Waals surface area contributed by atoms with Crippen molar-refractivity contribution in [3.8, 4) is 0 Å². The lowest BCUT2D eigenvalue weighted by atomic mass is 9.87. The fourth-order valence-corrected chi connectivity index (χ4v) is 3.39. The summed E-state index contributed by atoms with van der Waals surface area (Å²) >= 11 is 1.21. The van der Waals surface area contributed by atoms with Crippen molar-refractivity contribution < 1.29 is 4.79 Å². The van der Waals surface area contributed by atoms with E-state index in [9.17, 15) is 9.59 Å². The third kappa shape index (κ3) is 4.49. The summed E-state index contributed by atoms with van der Waals surface area (Å²) in [6.07, 6.45) is 4.50. The Balaban J connectivity index is 1.87. The number of carbonyl (C=O) groups excluding carboxylic acids is 1. The van der Waals surface area contributed by atoms with Gasteiger partial charge in [-0.05, 0) is 31.6 Å². The van der Waals surface area contributed by atoms with Crippen LogP contribution in [0.2, 0.25) is 0 Å². The van der Waals surface area contributed by atoms with Crippen molar-refractivity contribution in [2.24, 2.45) is 5.92 Å². The van der Waals surface area contributed by atoms with Crippen LogP contribution in [-0.2, 0) is 4.79 Å². The van der Waals surface area contributed by atoms with E-state index in [1.807, 2.05) is 11.9 Å². The molecule has 0 saturated heterocycles. The maximum absolute atomic E-state index is 12.2. The van der Waals surface area contributed by atoms with Crippen LogP contribution in [0.25, 0.3) is 0 Å². The topological polar surface area (TPSA) is 92.1 Å². The molecule has 1 heterocycles. The molecular formula is C14H22N4O2S. The predicted octanol–water partition coefficient (Wildman–Crippen LogP) is 1.48. The first-order valence-electron chi connectivity index (χ1n) is 7.21. The third-order valence-corrected chi connectivity index (χ3v) is 4.86. The van der Waals surface area contributed by atoms with Gasteiger partial charge in [-0.25, -0.2) is 4.98 Å². The number of rotatable bonds is 4. The van der Waals surface area contributed by atoms with E-state index >= 15 is 0 Å². The summed E-state index contributed by atoms with van der Waals surface area (Å²) in [5, 5.41) is 0.388. The van der Waals surface area contributed by atoms with E-state index in [-0.39, 0.29) is 23.0 Å². The SMILES string of the molecule is CC1CCC(N(C)C(=O)CSc2nc(N)cc(=O)[nH]2)CC1. The second-order valence-electron chi connectivity index (χ2n) is 5.68. The van der Waals surface area contributed by atoms with E-state index in [0.29, 0.717) is 11.2 Å². The van der Waals surface area contributed by atoms with Crippen LogP contribution in [-0.4, -0.2) is 39.6 Å². The maximum Gasteiger partial charge on any atom is 0.253 e. The van der Waals surface area contributed by atoms with Gasteiger partial charge in [0.2, 0.25) is 5.91 Å². The quantitative estimate of drug-likeness (QED) is 0.649. The molecule has 2 rings (SSSR count). The van der Waals surface area contributed by atoms with E-state index in [4.69, 9.17) is 5.73 Å². The lowest BCUT2D eigenvalue weighted by Gasteiger charge is -2.33. The summed E-state index contributed by atoms with van der Waals surface area (Å²) < 4.78 is 0. The van der Waals surface area contributed by atoms with Crippen molar-refractivity contribution in [3.05, 3.63) is 16.4 Å². The minimum Gasteiger partial charge on any atom is -0.383 e. The van der Waals surface area contributed by atoms with Gasteiger partial charge >= 0.3 is 0 Å². The molecule has 0 aliphatic heterocycles. The Bertz CT molecular complexity index is 552. The molecule has 116 valence electrons. The van der Waals surface area contributed by atoms with Crippen molar-refractivity contribution in [3.63, 3.8) is 0 Å². The number of nitrogens with two attached hydrogens (primary N) is 1. The van der Waals surface area contributed by atoms with E-state index < -0.39 is 0 Å². The smallest absolute Gasteiger partial charge is 0.253 e. The van der Waals surface area contributed by atoms with Crippen molar-refractivity contribution in [1.82, 2.24) is 14.9 Å². The van der Waals surface area contributed by atoms with Gasteiger partial charge in [0.05, 0.1) is 5.75 Å². The Labute approximate surface area is 128 Å². The van der Waals surface area contributed by atoms with Crippen molar-refractivity contribution in [2.45, 2.75) is 43.8 Å². The van der Waals surface area contributed by atoms with Crippen molar-refractivity contribution in [1.29, 1.82) is 0 Å². The van der Waals surface area contributed by atoms with Gasteiger partial charge in [0.25, 0.3) is 5.56 Å². The normalized spacial score (nSPS) is 22.0. The van der Waals surface area contributed by atoms with Gasteiger partial charge in [-0.3, -0.25) is 9.59 Å². The van der Waals surface area contributed by atoms with Crippen LogP contribution < -0.4 is 11.3 Å². The first-order chi connectivity index (χ1) is 9.95. The van der Waals surface area contributed by atoms with E-state index in [1.165, 1.54) is 30.7 Å². The first-order valence-corrected chi connectivity index (χ1v) is 8.19. The van der Waals surface area contributed by atoms with Gasteiger partial charge in [0.15, 0.2) is 5.16 Å². The summed E-state index contributed by atoms with van der Waals surface area (Å²) in [6, 6.07) is 1.56. The molecule has 1 aromatic rings. The highest BCUT2D eigenvalue weighted by Gasteiger charge is 2.24. The van der Waals surface area contributed by atoms with Crippen LogP contribution in [0.4, 0.5) is 5.82 Å². The zero-order chi connectivity index (χ0) is 15.4. The van der Waals surface area contributed by atoms with Crippen molar-refractivity contribution in [2.75, 3.05) is 18.5 Å². The molecule has 0 radical (unpaired) electrons. The second kappa shape index (κ2) is 6.98. The predicted molar refractivity (Wildman–Crippen MR) is 84.2 cm³/mol. The highest BCUT2D eigenvalue weighted by Crippen LogP contribution is 2.27. The van der Waals surface area contributed by atoms with Gasteiger partial charge in [0, 0.05) is 19.2 Å². The van der Waals surface area contributed by atoms with Crippen LogP contribution in [0.5, 0.6) is 0 Å². The molecule has 0 bridgehead atoms. The molecule has 0 aromatic carbocycles. The standard InChI is InChI=1S/C14H22N4O2S/c1-9-3-5-10(6-4-9)18(2)13(20)8-21-14-16-11(15)7-12(19)17-14/h7,9-10H,3-6,8H2,1-2H3,(H3,15,16,17,19). The van der Waals surface area contributed by atoms with Gasteiger partial charge < -0.3 is 15.6 Å². The molecule has 1 aliphatic carbocycles. The fourth-order valence-electron chi connectivity index (χ4n) is 2.59. The highest BCUT2D eigenvalue weighted by atomic mass is 32.2. The van der Waals surface area contributed by atoms with Gasteiger partial charge in [-0.1, -0.05) is 18.7 Å². The number of aromatic nitrogens is 2. The molecule has 1 fully saturated rings. The number of anilines is 1. The second-order valence-corrected chi connectivity index (χ2v) is 6.65. The summed E-state index contributed by atoms with van der Waals surface area (Å²) in [5.74, 6) is 1.25. The average Bonchev–Trinajstić information content (AvgIpc) is 2.44. The molecular weight excluding hydrogens is 288 g/mol. The monoisotopic (exact) mass is 310 g/mol. The molecule has 0 atom stereocenters. The largest absolute Gasteiger partial charge is 0.383 e. The number of amides is 1. The van der Waals surface area contributed by atoms with Crippen LogP contribution in [0.15, 0.2) is 16.0 Å². The number of nitrogens with zero attached hydrogens (tertiary/aromatic N) is 2. The zero-order valence-corrected chi connectivity index (χ0v) is 13.3. The van der Waals surface area contributed by atoms with Crippen molar-refractivity contribution >= 4 is 23.5 Å². The Morgan fingerprint density at radius 1 is 1.48 bits per heavy atom. The van der Waals surface area contributed by atoms with E-state index in [1.54, 1.807) is 0 Å². The molecule has 1 saturated carbocycles. The number of nitrogen functional groups attached to an aromatic ring is 1. The summed E-state index contributed by atoms with van der Waals surface area (Å²) in [7, 11) is 1.86. The van der Waals surface area contributed by atoms with Crippen LogP contribution in [0.1, 0.15) is 32.6 Å². The maximum atomic E-state index is 12.2. The Morgan fingerprint density at radius 2 is 2.14 bits per heavy atom. The number of aromatic amines is 1. The van der Waals surface area contributed by atoms with Crippen LogP contribution >= 0.6 is 11.8 Å². The average molecular weight is 310 g/mol. The Kier molecular flexibility index (Phi) is 5.27. The molecule has 7 heteroatoms. The molecule has 0 spiro atoms. The van der Waals surface area contributed by atoms with Crippen LogP contribution in [0, 0.1) is 5.92 Å². The number of hydrogen-bond acceptors (Lipinski definition) is 5. The Hall–Kier alpha value is -1.50. The lowest BCUT2D eigenvalue weighted by Crippen LogP contribution is -2.40. The molecule has 0 unspecified atom stereocenters. The number of carbonyl (C=O) groups is 1. The molecule has 1 aromatic heterocycles. The van der Waals surface area contributed by atoms with Gasteiger partial charge in [0.1, 0.15) is 5.82 Å². The number of H-pyrrole nitrogens is 1. The summed E-state index contributed by atoms with van der Waals surface area (Å²) in [6.45, 7) is 2.26. The number of hydrogen-bond donors (Lipinski definition) is 2. The third-order valence-electron chi connectivity index (χ3n) is 4.00. The van der Waals surface area contributed by atoms with Crippen LogP contribution in [0.3, 0.4) is 0 Å². The van der Waals surface area contributed by atoms with E-state index in [2.05, 4.69) is 16.9 Å². The first kappa shape index (κ1) is 15.9. The summed E-state index contributed by atoms with van der Waals surface area (Å²) in [5.41, 5.74) is 5.22. The minimum absolute atomic E-state index is 0.0598. The summed E-state index contributed by atoms with van der Waals surface area (Å²) in [4.78, 5) is 31.9. The number of thioether (sulfide) groups is 1. The molecule has 1 aliphatic rings. The highest BCUT2D eigenvalue weighted by molar-refractivity contribution is 7.99. The lowest BCUT2D eigenvalue weighted by molar-refractivity contribution is -0.129. The minimum atomic E-state index is -0.299. The molecule has 21 heavy (non-hydrogen) atoms. The van der Waals surface area contributed by atoms with E-state index in [0.717, 1.165) is 18.8 Å². The zero-order valence-electron chi connectivity index (χ0n) is 12.5. The number of nitrogens with one attached hydrogen (secondary N) is 1. The molecule has 6 nitrogen and oxygen atoms in total. The van der Waals surface area contributed by atoms with Gasteiger partial charge in [-0.15, -0.1) is 0 Å².